The van der Waals surface area contributed by atoms with Gasteiger partial charge in [0.2, 0.25) is 0 Å². The third-order valence-electron chi connectivity index (χ3n) is 2.57. The lowest BCUT2D eigenvalue weighted by Crippen LogP contribution is -2.32. The van der Waals surface area contributed by atoms with E-state index in [1.54, 1.807) is 18.3 Å². The number of hydrogen-bond acceptors (Lipinski definition) is 2. The molecule has 18 heavy (non-hydrogen) atoms. The molecule has 0 spiro atoms. The lowest BCUT2D eigenvalue weighted by atomic mass is 9.90. The van der Waals surface area contributed by atoms with E-state index in [0.29, 0.717) is 12.1 Å². The summed E-state index contributed by atoms with van der Waals surface area (Å²) < 4.78 is 0. The molecule has 0 aliphatic heterocycles. The standard InChI is InChI=1S/C14H21ClN2O/c1-10-12(6-5-7-16-10)13(18)17-9-11(15)8-14(2,3)4/h5-7,11H,8-9H2,1-4H3,(H,17,18). The lowest BCUT2D eigenvalue weighted by molar-refractivity contribution is 0.0951. The molecule has 1 N–H and O–H groups in total. The minimum atomic E-state index is -0.111. The van der Waals surface area contributed by atoms with Crippen molar-refractivity contribution in [2.75, 3.05) is 6.54 Å². The molecule has 1 heterocycles. The average molecular weight is 269 g/mol. The summed E-state index contributed by atoms with van der Waals surface area (Å²) >= 11 is 6.21. The van der Waals surface area contributed by atoms with Crippen molar-refractivity contribution in [2.24, 2.45) is 5.41 Å². The van der Waals surface area contributed by atoms with Crippen LogP contribution in [0.1, 0.15) is 43.2 Å². The average Bonchev–Trinajstić information content (AvgIpc) is 2.24. The highest BCUT2D eigenvalue weighted by Gasteiger charge is 2.18. The molecule has 100 valence electrons. The minimum absolute atomic E-state index is 0.0501. The van der Waals surface area contributed by atoms with Crippen LogP contribution in [0.25, 0.3) is 0 Å². The van der Waals surface area contributed by atoms with E-state index >= 15 is 0 Å². The summed E-state index contributed by atoms with van der Waals surface area (Å²) in [5, 5.41) is 2.80. The van der Waals surface area contributed by atoms with Gasteiger partial charge in [0.05, 0.1) is 10.9 Å². The van der Waals surface area contributed by atoms with Gasteiger partial charge in [-0.25, -0.2) is 0 Å². The van der Waals surface area contributed by atoms with Gasteiger partial charge in [-0.3, -0.25) is 9.78 Å². The van der Waals surface area contributed by atoms with Gasteiger partial charge < -0.3 is 5.32 Å². The molecule has 0 saturated carbocycles. The van der Waals surface area contributed by atoms with Crippen LogP contribution in [-0.4, -0.2) is 22.8 Å². The first kappa shape index (κ1) is 15.0. The number of hydrogen-bond donors (Lipinski definition) is 1. The van der Waals surface area contributed by atoms with Crippen LogP contribution >= 0.6 is 11.6 Å². The molecule has 0 aromatic carbocycles. The Morgan fingerprint density at radius 2 is 2.17 bits per heavy atom. The lowest BCUT2D eigenvalue weighted by Gasteiger charge is -2.22. The topological polar surface area (TPSA) is 42.0 Å². The van der Waals surface area contributed by atoms with E-state index in [1.807, 2.05) is 6.92 Å². The van der Waals surface area contributed by atoms with Gasteiger partial charge in [-0.15, -0.1) is 11.6 Å². The first-order valence-corrected chi connectivity index (χ1v) is 6.57. The van der Waals surface area contributed by atoms with Gasteiger partial charge >= 0.3 is 0 Å². The second kappa shape index (κ2) is 6.19. The molecular weight excluding hydrogens is 248 g/mol. The molecule has 0 aliphatic carbocycles. The third kappa shape index (κ3) is 5.05. The first-order valence-electron chi connectivity index (χ1n) is 6.13. The van der Waals surface area contributed by atoms with Crippen molar-refractivity contribution in [3.63, 3.8) is 0 Å². The Kier molecular flexibility index (Phi) is 5.15. The Labute approximate surface area is 114 Å². The number of carbonyl (C=O) groups excluding carboxylic acids is 1. The van der Waals surface area contributed by atoms with Crippen molar-refractivity contribution in [2.45, 2.75) is 39.5 Å². The number of halogens is 1. The minimum Gasteiger partial charge on any atom is -0.350 e. The molecule has 0 bridgehead atoms. The Bertz CT molecular complexity index is 413. The third-order valence-corrected chi connectivity index (χ3v) is 2.88. The van der Waals surface area contributed by atoms with Crippen LogP contribution in [0.15, 0.2) is 18.3 Å². The fraction of sp³-hybridized carbons (Fsp3) is 0.571. The molecule has 0 radical (unpaired) electrons. The van der Waals surface area contributed by atoms with E-state index in [-0.39, 0.29) is 16.7 Å². The summed E-state index contributed by atoms with van der Waals surface area (Å²) in [5.41, 5.74) is 1.51. The van der Waals surface area contributed by atoms with Crippen LogP contribution in [0, 0.1) is 12.3 Å². The van der Waals surface area contributed by atoms with Crippen LogP contribution < -0.4 is 5.32 Å². The largest absolute Gasteiger partial charge is 0.350 e. The maximum absolute atomic E-state index is 11.9. The maximum atomic E-state index is 11.9. The van der Waals surface area contributed by atoms with Gasteiger partial charge in [-0.05, 0) is 30.9 Å². The predicted octanol–water partition coefficient (Wildman–Crippen LogP) is 3.16. The Hall–Kier alpha value is -1.09. The molecule has 4 heteroatoms. The summed E-state index contributed by atoms with van der Waals surface area (Å²) in [6.45, 7) is 8.70. The van der Waals surface area contributed by atoms with Gasteiger partial charge in [0.15, 0.2) is 0 Å². The highest BCUT2D eigenvalue weighted by atomic mass is 35.5. The van der Waals surface area contributed by atoms with Crippen molar-refractivity contribution < 1.29 is 4.79 Å². The van der Waals surface area contributed by atoms with Crippen molar-refractivity contribution in [1.82, 2.24) is 10.3 Å². The molecular formula is C14H21ClN2O. The molecule has 0 aliphatic rings. The molecule has 1 amide bonds. The highest BCUT2D eigenvalue weighted by Crippen LogP contribution is 2.23. The normalized spacial score (nSPS) is 13.2. The number of aromatic nitrogens is 1. The van der Waals surface area contributed by atoms with Crippen molar-refractivity contribution >= 4 is 17.5 Å². The monoisotopic (exact) mass is 268 g/mol. The fourth-order valence-corrected chi connectivity index (χ4v) is 2.30. The van der Waals surface area contributed by atoms with Crippen LogP contribution in [0.5, 0.6) is 0 Å². The van der Waals surface area contributed by atoms with Crippen molar-refractivity contribution in [3.8, 4) is 0 Å². The molecule has 0 fully saturated rings. The number of rotatable bonds is 4. The number of nitrogens with one attached hydrogen (secondary N) is 1. The van der Waals surface area contributed by atoms with Gasteiger partial charge in [-0.1, -0.05) is 20.8 Å². The van der Waals surface area contributed by atoms with E-state index in [4.69, 9.17) is 11.6 Å². The number of aryl methyl sites for hydroxylation is 1. The number of nitrogens with zero attached hydrogens (tertiary/aromatic N) is 1. The van der Waals surface area contributed by atoms with Crippen LogP contribution in [-0.2, 0) is 0 Å². The van der Waals surface area contributed by atoms with Crippen molar-refractivity contribution in [1.29, 1.82) is 0 Å². The maximum Gasteiger partial charge on any atom is 0.253 e. The summed E-state index contributed by atoms with van der Waals surface area (Å²) in [6.07, 6.45) is 2.54. The number of pyridine rings is 1. The Balaban J connectivity index is 2.50. The zero-order valence-electron chi connectivity index (χ0n) is 11.5. The number of alkyl halides is 1. The molecule has 3 nitrogen and oxygen atoms in total. The van der Waals surface area contributed by atoms with Gasteiger partial charge in [0.25, 0.3) is 5.91 Å². The van der Waals surface area contributed by atoms with Crippen molar-refractivity contribution in [3.05, 3.63) is 29.6 Å². The Morgan fingerprint density at radius 3 is 2.72 bits per heavy atom. The quantitative estimate of drug-likeness (QED) is 0.853. The van der Waals surface area contributed by atoms with Gasteiger partial charge in [-0.2, -0.15) is 0 Å². The summed E-state index contributed by atoms with van der Waals surface area (Å²) in [7, 11) is 0. The van der Waals surface area contributed by atoms with E-state index in [2.05, 4.69) is 31.1 Å². The summed E-state index contributed by atoms with van der Waals surface area (Å²) in [5.74, 6) is -0.111. The van der Waals surface area contributed by atoms with Crippen LogP contribution in [0.4, 0.5) is 0 Å². The molecule has 1 atom stereocenters. The highest BCUT2D eigenvalue weighted by molar-refractivity contribution is 6.21. The molecule has 0 saturated heterocycles. The van der Waals surface area contributed by atoms with Gasteiger partial charge in [0, 0.05) is 18.4 Å². The summed E-state index contributed by atoms with van der Waals surface area (Å²) in [4.78, 5) is 16.0. The second-order valence-corrected chi connectivity index (χ2v) is 6.33. The molecule has 1 aromatic rings. The van der Waals surface area contributed by atoms with Gasteiger partial charge in [0.1, 0.15) is 0 Å². The van der Waals surface area contributed by atoms with E-state index < -0.39 is 0 Å². The van der Waals surface area contributed by atoms with E-state index in [1.165, 1.54) is 0 Å². The smallest absolute Gasteiger partial charge is 0.253 e. The first-order chi connectivity index (χ1) is 8.29. The predicted molar refractivity (Wildman–Crippen MR) is 75.0 cm³/mol. The Morgan fingerprint density at radius 1 is 1.50 bits per heavy atom. The molecule has 1 rings (SSSR count). The second-order valence-electron chi connectivity index (χ2n) is 5.71. The van der Waals surface area contributed by atoms with Crippen LogP contribution in [0.3, 0.4) is 0 Å². The number of amides is 1. The zero-order chi connectivity index (χ0) is 13.8. The SMILES string of the molecule is Cc1ncccc1C(=O)NCC(Cl)CC(C)(C)C. The number of carbonyl (C=O) groups is 1. The van der Waals surface area contributed by atoms with Crippen LogP contribution in [0.2, 0.25) is 0 Å². The zero-order valence-corrected chi connectivity index (χ0v) is 12.2. The molecule has 1 unspecified atom stereocenters. The fourth-order valence-electron chi connectivity index (χ4n) is 1.76. The van der Waals surface area contributed by atoms with E-state index in [0.717, 1.165) is 12.1 Å². The van der Waals surface area contributed by atoms with E-state index in [9.17, 15) is 4.79 Å². The molecule has 1 aromatic heterocycles. The summed E-state index contributed by atoms with van der Waals surface area (Å²) in [6, 6.07) is 3.53.